The van der Waals surface area contributed by atoms with Crippen LogP contribution in [0.5, 0.6) is 0 Å². The van der Waals surface area contributed by atoms with Crippen molar-refractivity contribution in [3.8, 4) is 0 Å². The molecule has 0 aromatic rings. The van der Waals surface area contributed by atoms with Crippen LogP contribution in [0, 0.1) is 5.92 Å². The molecule has 10 heavy (non-hydrogen) atoms. The summed E-state index contributed by atoms with van der Waals surface area (Å²) in [6.45, 7) is 6.98. The lowest BCUT2D eigenvalue weighted by molar-refractivity contribution is 0.599. The third kappa shape index (κ3) is 4.56. The topological polar surface area (TPSA) is 34.1 Å². The third-order valence-corrected chi connectivity index (χ3v) is 2.64. The quantitative estimate of drug-likeness (QED) is 0.581. The van der Waals surface area contributed by atoms with Gasteiger partial charge >= 0.3 is 0 Å². The highest BCUT2D eigenvalue weighted by atomic mass is 32.2. The summed E-state index contributed by atoms with van der Waals surface area (Å²) >= 11 is 0. The van der Waals surface area contributed by atoms with Crippen molar-refractivity contribution in [2.24, 2.45) is 0 Å². The van der Waals surface area contributed by atoms with Crippen molar-refractivity contribution in [1.82, 2.24) is 0 Å². The van der Waals surface area contributed by atoms with E-state index >= 15 is 0 Å². The molecule has 0 rings (SSSR count). The van der Waals surface area contributed by atoms with Crippen molar-refractivity contribution in [2.75, 3.05) is 11.5 Å². The Hall–Kier alpha value is -0.310. The van der Waals surface area contributed by atoms with Gasteiger partial charge in [0.15, 0.2) is 9.84 Å². The fourth-order valence-electron chi connectivity index (χ4n) is 0.678. The molecule has 59 valence electrons. The molecule has 0 saturated heterocycles. The summed E-state index contributed by atoms with van der Waals surface area (Å²) in [4.78, 5) is 0. The normalized spacial score (nSPS) is 11.9. The third-order valence-electron chi connectivity index (χ3n) is 0.880. The number of rotatable bonds is 4. The van der Waals surface area contributed by atoms with Crippen molar-refractivity contribution in [1.29, 1.82) is 0 Å². The van der Waals surface area contributed by atoms with Crippen LogP contribution in [0.1, 0.15) is 13.8 Å². The molecule has 3 heteroatoms. The lowest BCUT2D eigenvalue weighted by atomic mass is 10.3. The van der Waals surface area contributed by atoms with E-state index in [1.807, 2.05) is 0 Å². The fourth-order valence-corrected chi connectivity index (χ4v) is 2.03. The van der Waals surface area contributed by atoms with Crippen molar-refractivity contribution in [3.63, 3.8) is 0 Å². The predicted molar refractivity (Wildman–Crippen MR) is 43.4 cm³/mol. The summed E-state index contributed by atoms with van der Waals surface area (Å²) in [7, 11) is -2.89. The van der Waals surface area contributed by atoms with Gasteiger partial charge in [0.2, 0.25) is 0 Å². The van der Waals surface area contributed by atoms with Crippen molar-refractivity contribution >= 4 is 9.84 Å². The van der Waals surface area contributed by atoms with Crippen LogP contribution in [-0.2, 0) is 9.84 Å². The summed E-state index contributed by atoms with van der Waals surface area (Å²) < 4.78 is 21.9. The standard InChI is InChI=1S/C7H13O2S/c1-4-5-10(8,9)6-7(2)3/h4H,1,5-6H2,2-3H3. The van der Waals surface area contributed by atoms with Crippen LogP contribution >= 0.6 is 0 Å². The lowest BCUT2D eigenvalue weighted by Gasteiger charge is -2.02. The Morgan fingerprint density at radius 2 is 2.00 bits per heavy atom. The zero-order valence-electron chi connectivity index (χ0n) is 6.42. The summed E-state index contributed by atoms with van der Waals surface area (Å²) in [6, 6.07) is 0. The zero-order valence-corrected chi connectivity index (χ0v) is 7.24. The smallest absolute Gasteiger partial charge is 0.154 e. The number of hydrogen-bond donors (Lipinski definition) is 0. The maximum absolute atomic E-state index is 10.9. The Bertz CT molecular complexity index is 190. The summed E-state index contributed by atoms with van der Waals surface area (Å²) in [5.41, 5.74) is 0. The van der Waals surface area contributed by atoms with Gasteiger partial charge in [-0.2, -0.15) is 0 Å². The molecule has 0 atom stereocenters. The predicted octanol–water partition coefficient (Wildman–Crippen LogP) is 1.20. The summed E-state index contributed by atoms with van der Waals surface area (Å²) in [5.74, 6) is 1.18. The molecule has 0 aliphatic carbocycles. The van der Waals surface area contributed by atoms with E-state index in [1.54, 1.807) is 13.8 Å². The fraction of sp³-hybridized carbons (Fsp3) is 0.571. The van der Waals surface area contributed by atoms with Crippen LogP contribution in [0.15, 0.2) is 12.7 Å². The zero-order chi connectivity index (χ0) is 8.20. The molecule has 0 aromatic carbocycles. The SMILES string of the molecule is C=CCS(=O)(=O)C[C](C)C. The minimum Gasteiger partial charge on any atom is -0.228 e. The van der Waals surface area contributed by atoms with Crippen LogP contribution in [0.25, 0.3) is 0 Å². The first-order valence-corrected chi connectivity index (χ1v) is 4.90. The Morgan fingerprint density at radius 3 is 2.30 bits per heavy atom. The molecule has 0 unspecified atom stereocenters. The van der Waals surface area contributed by atoms with Crippen LogP contribution in [0.3, 0.4) is 0 Å². The van der Waals surface area contributed by atoms with Gasteiger partial charge in [0.25, 0.3) is 0 Å². The van der Waals surface area contributed by atoms with E-state index in [2.05, 4.69) is 6.58 Å². The lowest BCUT2D eigenvalue weighted by Crippen LogP contribution is -2.12. The second kappa shape index (κ2) is 3.76. The second-order valence-electron chi connectivity index (χ2n) is 2.55. The largest absolute Gasteiger partial charge is 0.228 e. The maximum atomic E-state index is 10.9. The second-order valence-corrected chi connectivity index (χ2v) is 4.66. The van der Waals surface area contributed by atoms with E-state index in [0.717, 1.165) is 5.92 Å². The molecule has 2 nitrogen and oxygen atoms in total. The van der Waals surface area contributed by atoms with E-state index in [-0.39, 0.29) is 11.5 Å². The van der Waals surface area contributed by atoms with Gasteiger partial charge < -0.3 is 0 Å². The van der Waals surface area contributed by atoms with Crippen LogP contribution in [-0.4, -0.2) is 19.9 Å². The first-order chi connectivity index (χ1) is 4.48. The van der Waals surface area contributed by atoms with Crippen LogP contribution < -0.4 is 0 Å². The molecule has 0 heterocycles. The van der Waals surface area contributed by atoms with E-state index in [1.165, 1.54) is 6.08 Å². The Morgan fingerprint density at radius 1 is 1.50 bits per heavy atom. The van der Waals surface area contributed by atoms with Crippen LogP contribution in [0.4, 0.5) is 0 Å². The van der Waals surface area contributed by atoms with E-state index in [4.69, 9.17) is 0 Å². The molecule has 0 aliphatic rings. The van der Waals surface area contributed by atoms with Gasteiger partial charge in [-0.3, -0.25) is 0 Å². The Balaban J connectivity index is 4.01. The van der Waals surface area contributed by atoms with Crippen molar-refractivity contribution in [3.05, 3.63) is 18.6 Å². The molecule has 0 aliphatic heterocycles. The van der Waals surface area contributed by atoms with Gasteiger partial charge in [-0.05, 0) is 5.92 Å². The average molecular weight is 161 g/mol. The van der Waals surface area contributed by atoms with E-state index in [9.17, 15) is 8.42 Å². The average Bonchev–Trinajstić information content (AvgIpc) is 1.59. The number of hydrogen-bond acceptors (Lipinski definition) is 2. The molecule has 0 spiro atoms. The highest BCUT2D eigenvalue weighted by Crippen LogP contribution is 2.02. The van der Waals surface area contributed by atoms with E-state index in [0.29, 0.717) is 0 Å². The van der Waals surface area contributed by atoms with Gasteiger partial charge in [-0.25, -0.2) is 8.42 Å². The molecule has 0 aromatic heterocycles. The van der Waals surface area contributed by atoms with Crippen molar-refractivity contribution < 1.29 is 8.42 Å². The van der Waals surface area contributed by atoms with Gasteiger partial charge in [-0.1, -0.05) is 19.9 Å². The van der Waals surface area contributed by atoms with Gasteiger partial charge in [0.05, 0.1) is 11.5 Å². The van der Waals surface area contributed by atoms with Gasteiger partial charge in [0.1, 0.15) is 0 Å². The molecular formula is C7H13O2S. The summed E-state index contributed by atoms with van der Waals surface area (Å²) in [6.07, 6.45) is 1.41. The number of sulfone groups is 1. The minimum absolute atomic E-state index is 0.0815. The molecule has 0 fully saturated rings. The maximum Gasteiger partial charge on any atom is 0.154 e. The highest BCUT2D eigenvalue weighted by molar-refractivity contribution is 7.91. The minimum atomic E-state index is -2.89. The van der Waals surface area contributed by atoms with Crippen LogP contribution in [0.2, 0.25) is 0 Å². The Labute approximate surface area is 62.9 Å². The highest BCUT2D eigenvalue weighted by Gasteiger charge is 2.10. The molecular weight excluding hydrogens is 148 g/mol. The molecule has 0 amide bonds. The monoisotopic (exact) mass is 161 g/mol. The molecule has 1 radical (unpaired) electrons. The first kappa shape index (κ1) is 9.69. The first-order valence-electron chi connectivity index (χ1n) is 3.08. The molecule has 0 N–H and O–H groups in total. The summed E-state index contributed by atoms with van der Waals surface area (Å²) in [5, 5.41) is 0. The molecule has 0 saturated carbocycles. The Kier molecular flexibility index (Phi) is 3.64. The van der Waals surface area contributed by atoms with Crippen molar-refractivity contribution in [2.45, 2.75) is 13.8 Å². The van der Waals surface area contributed by atoms with Gasteiger partial charge in [-0.15, -0.1) is 6.58 Å². The molecule has 0 bridgehead atoms. The van der Waals surface area contributed by atoms with Gasteiger partial charge in [0, 0.05) is 0 Å². The van der Waals surface area contributed by atoms with E-state index < -0.39 is 9.84 Å².